The number of anilines is 2. The number of aryl methyl sites for hydroxylation is 2. The van der Waals surface area contributed by atoms with Crippen LogP contribution >= 0.6 is 0 Å². The predicted octanol–water partition coefficient (Wildman–Crippen LogP) is 4.75. The van der Waals surface area contributed by atoms with Crippen molar-refractivity contribution in [3.8, 4) is 5.88 Å². The molecular formula is C27H32N4O4S. The van der Waals surface area contributed by atoms with Crippen molar-refractivity contribution in [2.24, 2.45) is 0 Å². The fraction of sp³-hybridized carbons (Fsp3) is 0.333. The second-order valence-electron chi connectivity index (χ2n) is 9.09. The zero-order chi connectivity index (χ0) is 25.7. The highest BCUT2D eigenvalue weighted by Gasteiger charge is 2.23. The smallest absolute Gasteiger partial charge is 0.267 e. The maximum Gasteiger partial charge on any atom is 0.267 e. The fourth-order valence-corrected chi connectivity index (χ4v) is 5.70. The number of nitrogens with zero attached hydrogens (tertiary/aromatic N) is 2. The molecule has 0 saturated carbocycles. The van der Waals surface area contributed by atoms with Crippen LogP contribution in [0.5, 0.6) is 5.88 Å². The van der Waals surface area contributed by atoms with Crippen molar-refractivity contribution in [3.63, 3.8) is 0 Å². The van der Waals surface area contributed by atoms with Gasteiger partial charge in [0.2, 0.25) is 5.88 Å². The highest BCUT2D eigenvalue weighted by molar-refractivity contribution is 7.92. The number of amides is 1. The molecule has 4 rings (SSSR count). The molecule has 1 aliphatic heterocycles. The molecule has 190 valence electrons. The molecule has 36 heavy (non-hydrogen) atoms. The third kappa shape index (κ3) is 6.03. The largest absolute Gasteiger partial charge is 0.480 e. The normalized spacial score (nSPS) is 14.3. The zero-order valence-electron chi connectivity index (χ0n) is 20.9. The lowest BCUT2D eigenvalue weighted by atomic mass is 10.1. The van der Waals surface area contributed by atoms with Gasteiger partial charge in [0.25, 0.3) is 15.9 Å². The van der Waals surface area contributed by atoms with Crippen LogP contribution in [0.1, 0.15) is 46.3 Å². The van der Waals surface area contributed by atoms with E-state index in [1.165, 1.54) is 38.6 Å². The molecule has 2 heterocycles. The Hall–Kier alpha value is -3.43. The lowest BCUT2D eigenvalue weighted by Gasteiger charge is -2.26. The van der Waals surface area contributed by atoms with Crippen LogP contribution in [-0.2, 0) is 16.6 Å². The number of rotatable bonds is 8. The summed E-state index contributed by atoms with van der Waals surface area (Å²) in [7, 11) is -2.69. The number of pyridine rings is 1. The summed E-state index contributed by atoms with van der Waals surface area (Å²) in [5.41, 5.74) is 3.97. The minimum atomic E-state index is -4.04. The van der Waals surface area contributed by atoms with E-state index in [1.807, 2.05) is 44.2 Å². The number of sulfonamides is 1. The van der Waals surface area contributed by atoms with Crippen LogP contribution in [0.15, 0.2) is 59.6 Å². The van der Waals surface area contributed by atoms with Gasteiger partial charge in [0, 0.05) is 12.1 Å². The van der Waals surface area contributed by atoms with Gasteiger partial charge in [-0.3, -0.25) is 14.4 Å². The van der Waals surface area contributed by atoms with Crippen molar-refractivity contribution in [3.05, 3.63) is 77.0 Å². The summed E-state index contributed by atoms with van der Waals surface area (Å²) >= 11 is 0. The van der Waals surface area contributed by atoms with E-state index in [9.17, 15) is 13.2 Å². The second kappa shape index (κ2) is 11.1. The molecule has 0 aliphatic carbocycles. The summed E-state index contributed by atoms with van der Waals surface area (Å²) < 4.78 is 34.3. The second-order valence-corrected chi connectivity index (χ2v) is 10.7. The van der Waals surface area contributed by atoms with Crippen molar-refractivity contribution in [2.45, 2.75) is 44.6 Å². The first-order chi connectivity index (χ1) is 17.3. The van der Waals surface area contributed by atoms with Crippen molar-refractivity contribution < 1.29 is 17.9 Å². The summed E-state index contributed by atoms with van der Waals surface area (Å²) in [6.45, 7) is 6.74. The zero-order valence-corrected chi connectivity index (χ0v) is 21.7. The quantitative estimate of drug-likeness (QED) is 0.456. The van der Waals surface area contributed by atoms with Crippen LogP contribution in [0.3, 0.4) is 0 Å². The predicted molar refractivity (Wildman–Crippen MR) is 141 cm³/mol. The number of hydrogen-bond acceptors (Lipinski definition) is 6. The Kier molecular flexibility index (Phi) is 7.91. The van der Waals surface area contributed by atoms with Crippen LogP contribution in [-0.4, -0.2) is 44.4 Å². The minimum Gasteiger partial charge on any atom is -0.480 e. The highest BCUT2D eigenvalue weighted by atomic mass is 32.2. The SMILES string of the molecule is COc1ncc(NC(=O)c2ccc(CN3CCCCC3)cc2)cc1S(=O)(=O)Nc1c(C)cccc1C. The van der Waals surface area contributed by atoms with Gasteiger partial charge in [-0.15, -0.1) is 0 Å². The summed E-state index contributed by atoms with van der Waals surface area (Å²) in [5.74, 6) is -0.411. The number of ether oxygens (including phenoxy) is 1. The van der Waals surface area contributed by atoms with Gasteiger partial charge in [-0.25, -0.2) is 13.4 Å². The minimum absolute atomic E-state index is 0.0613. The Bertz CT molecular complexity index is 1310. The Morgan fingerprint density at radius 2 is 1.69 bits per heavy atom. The average molecular weight is 509 g/mol. The molecule has 1 amide bonds. The molecule has 9 heteroatoms. The first kappa shape index (κ1) is 25.7. The fourth-order valence-electron chi connectivity index (χ4n) is 4.35. The Morgan fingerprint density at radius 3 is 2.33 bits per heavy atom. The van der Waals surface area contributed by atoms with Crippen LogP contribution in [0.2, 0.25) is 0 Å². The Morgan fingerprint density at radius 1 is 1.03 bits per heavy atom. The molecule has 0 unspecified atom stereocenters. The third-order valence-corrected chi connectivity index (χ3v) is 7.69. The number of hydrogen-bond donors (Lipinski definition) is 2. The number of carbonyl (C=O) groups is 1. The van der Waals surface area contributed by atoms with Gasteiger partial charge in [-0.1, -0.05) is 36.8 Å². The topological polar surface area (TPSA) is 101 Å². The number of methoxy groups -OCH3 is 1. The third-order valence-electron chi connectivity index (χ3n) is 6.35. The van der Waals surface area contributed by atoms with Gasteiger partial charge in [0.05, 0.1) is 24.7 Å². The summed E-state index contributed by atoms with van der Waals surface area (Å²) in [6.07, 6.45) is 5.13. The molecule has 3 aromatic rings. The highest BCUT2D eigenvalue weighted by Crippen LogP contribution is 2.29. The summed E-state index contributed by atoms with van der Waals surface area (Å²) in [4.78, 5) is 19.2. The van der Waals surface area contributed by atoms with E-state index in [0.717, 1.165) is 36.3 Å². The number of likely N-dealkylation sites (tertiary alicyclic amines) is 1. The van der Waals surface area contributed by atoms with Crippen LogP contribution in [0.25, 0.3) is 0 Å². The number of aromatic nitrogens is 1. The van der Waals surface area contributed by atoms with E-state index in [1.54, 1.807) is 12.1 Å². The van der Waals surface area contributed by atoms with Gasteiger partial charge in [0.15, 0.2) is 4.90 Å². The van der Waals surface area contributed by atoms with E-state index < -0.39 is 10.0 Å². The monoisotopic (exact) mass is 508 g/mol. The first-order valence-electron chi connectivity index (χ1n) is 12.0. The van der Waals surface area contributed by atoms with Crippen molar-refractivity contribution in [2.75, 3.05) is 30.2 Å². The van der Waals surface area contributed by atoms with Gasteiger partial charge in [-0.2, -0.15) is 0 Å². The number of carbonyl (C=O) groups excluding carboxylic acids is 1. The van der Waals surface area contributed by atoms with Crippen molar-refractivity contribution in [1.29, 1.82) is 0 Å². The van der Waals surface area contributed by atoms with E-state index >= 15 is 0 Å². The Balaban J connectivity index is 1.50. The van der Waals surface area contributed by atoms with Gasteiger partial charge in [0.1, 0.15) is 0 Å². The number of nitrogens with one attached hydrogen (secondary N) is 2. The first-order valence-corrected chi connectivity index (χ1v) is 13.5. The van der Waals surface area contributed by atoms with Gasteiger partial charge < -0.3 is 10.1 Å². The number of para-hydroxylation sites is 1. The molecule has 1 fully saturated rings. The van der Waals surface area contributed by atoms with E-state index in [2.05, 4.69) is 19.9 Å². The lowest BCUT2D eigenvalue weighted by molar-refractivity contribution is 0.102. The van der Waals surface area contributed by atoms with Crippen LogP contribution < -0.4 is 14.8 Å². The molecule has 0 radical (unpaired) electrons. The maximum atomic E-state index is 13.2. The molecule has 0 bridgehead atoms. The summed E-state index contributed by atoms with van der Waals surface area (Å²) in [5, 5.41) is 2.75. The summed E-state index contributed by atoms with van der Waals surface area (Å²) in [6, 6.07) is 14.4. The Labute approximate surface area is 212 Å². The van der Waals surface area contributed by atoms with Crippen molar-refractivity contribution in [1.82, 2.24) is 9.88 Å². The molecule has 0 spiro atoms. The van der Waals surface area contributed by atoms with E-state index in [-0.39, 0.29) is 22.4 Å². The molecule has 0 atom stereocenters. The van der Waals surface area contributed by atoms with E-state index in [4.69, 9.17) is 4.74 Å². The number of benzene rings is 2. The molecule has 2 aromatic carbocycles. The van der Waals surface area contributed by atoms with E-state index in [0.29, 0.717) is 11.3 Å². The molecule has 8 nitrogen and oxygen atoms in total. The standard InChI is InChI=1S/C27H32N4O4S/c1-19-8-7-9-20(2)25(19)30-36(33,34)24-16-23(17-28-27(24)35-3)29-26(32)22-12-10-21(11-13-22)18-31-14-5-4-6-15-31/h7-13,16-17,30H,4-6,14-15,18H2,1-3H3,(H,29,32). The molecule has 2 N–H and O–H groups in total. The molecule has 1 aromatic heterocycles. The number of piperidine rings is 1. The molecular weight excluding hydrogens is 476 g/mol. The molecule has 1 saturated heterocycles. The maximum absolute atomic E-state index is 13.2. The van der Waals surface area contributed by atoms with Crippen molar-refractivity contribution >= 4 is 27.3 Å². The lowest BCUT2D eigenvalue weighted by Crippen LogP contribution is -2.29. The molecule has 1 aliphatic rings. The van der Waals surface area contributed by atoms with Gasteiger partial charge in [-0.05, 0) is 74.7 Å². The average Bonchev–Trinajstić information content (AvgIpc) is 2.87. The van der Waals surface area contributed by atoms with Crippen LogP contribution in [0.4, 0.5) is 11.4 Å². The van der Waals surface area contributed by atoms with Crippen LogP contribution in [0, 0.1) is 13.8 Å². The van der Waals surface area contributed by atoms with Gasteiger partial charge >= 0.3 is 0 Å².